The smallest absolute Gasteiger partial charge is 0.309 e. The summed E-state index contributed by atoms with van der Waals surface area (Å²) in [6, 6.07) is 20.6. The molecular weight excluding hydrogens is 449 g/mol. The monoisotopic (exact) mass is 473 g/mol. The molecule has 3 aromatic carbocycles. The number of methoxy groups -OCH3 is 1. The van der Waals surface area contributed by atoms with Gasteiger partial charge in [-0.15, -0.1) is 0 Å². The summed E-state index contributed by atoms with van der Waals surface area (Å²) in [5.41, 5.74) is 4.47. The number of aromatic nitrogens is 2. The van der Waals surface area contributed by atoms with Crippen molar-refractivity contribution in [2.75, 3.05) is 19.0 Å². The molecule has 0 fully saturated rings. The van der Waals surface area contributed by atoms with Crippen LogP contribution in [0.2, 0.25) is 0 Å². The van der Waals surface area contributed by atoms with Crippen LogP contribution in [0.3, 0.4) is 0 Å². The van der Waals surface area contributed by atoms with Crippen LogP contribution >= 0.6 is 0 Å². The first-order valence-corrected chi connectivity index (χ1v) is 10.9. The SMILES string of the molecule is COCC(=O)Nc1ccc(-c2c(-c3cccc(F)c3)nn(-c3ccc(C)cc3)c2OC(C)=O)cc1. The molecule has 0 unspecified atom stereocenters. The van der Waals surface area contributed by atoms with E-state index in [1.807, 2.05) is 31.2 Å². The number of nitrogens with one attached hydrogen (secondary N) is 1. The summed E-state index contributed by atoms with van der Waals surface area (Å²) < 4.78 is 26.2. The molecule has 1 aromatic heterocycles. The van der Waals surface area contributed by atoms with Crippen molar-refractivity contribution in [3.05, 3.63) is 84.2 Å². The zero-order chi connectivity index (χ0) is 24.9. The van der Waals surface area contributed by atoms with Crippen LogP contribution in [0.5, 0.6) is 5.88 Å². The Labute approximate surface area is 202 Å². The van der Waals surface area contributed by atoms with E-state index < -0.39 is 11.8 Å². The first-order chi connectivity index (χ1) is 16.9. The number of carbonyl (C=O) groups excluding carboxylic acids is 2. The molecule has 0 radical (unpaired) electrons. The van der Waals surface area contributed by atoms with Crippen molar-refractivity contribution in [3.63, 3.8) is 0 Å². The standard InChI is InChI=1S/C27H24FN3O4/c1-17-7-13-23(14-8-17)31-27(35-18(2)32)25(26(30-31)20-5-4-6-21(28)15-20)19-9-11-22(12-10-19)29-24(33)16-34-3/h4-15H,16H2,1-3H3,(H,29,33). The lowest BCUT2D eigenvalue weighted by atomic mass is 10.0. The molecule has 1 N–H and O–H groups in total. The molecule has 8 heteroatoms. The Hall–Kier alpha value is -4.30. The van der Waals surface area contributed by atoms with E-state index in [0.29, 0.717) is 33.8 Å². The maximum absolute atomic E-state index is 14.1. The minimum absolute atomic E-state index is 0.0641. The summed E-state index contributed by atoms with van der Waals surface area (Å²) >= 11 is 0. The van der Waals surface area contributed by atoms with Crippen LogP contribution in [0.4, 0.5) is 10.1 Å². The summed E-state index contributed by atoms with van der Waals surface area (Å²) in [6.45, 7) is 3.22. The number of halogens is 1. The molecule has 0 aliphatic carbocycles. The third-order valence-electron chi connectivity index (χ3n) is 5.19. The van der Waals surface area contributed by atoms with Crippen molar-refractivity contribution in [1.29, 1.82) is 0 Å². The van der Waals surface area contributed by atoms with E-state index >= 15 is 0 Å². The highest BCUT2D eigenvalue weighted by Gasteiger charge is 2.25. The van der Waals surface area contributed by atoms with Crippen molar-refractivity contribution >= 4 is 17.6 Å². The maximum Gasteiger partial charge on any atom is 0.309 e. The Morgan fingerprint density at radius 3 is 2.34 bits per heavy atom. The number of ether oxygens (including phenoxy) is 2. The molecule has 0 saturated carbocycles. The largest absolute Gasteiger partial charge is 0.407 e. The number of hydrogen-bond donors (Lipinski definition) is 1. The molecule has 4 rings (SSSR count). The average molecular weight is 474 g/mol. The van der Waals surface area contributed by atoms with Crippen molar-refractivity contribution < 1.29 is 23.5 Å². The number of amides is 1. The number of hydrogen-bond acceptors (Lipinski definition) is 5. The normalized spacial score (nSPS) is 10.7. The fourth-order valence-corrected chi connectivity index (χ4v) is 3.64. The fraction of sp³-hybridized carbons (Fsp3) is 0.148. The van der Waals surface area contributed by atoms with Crippen molar-refractivity contribution in [2.24, 2.45) is 0 Å². The maximum atomic E-state index is 14.1. The van der Waals surface area contributed by atoms with Gasteiger partial charge in [0.1, 0.15) is 18.1 Å². The second-order valence-electron chi connectivity index (χ2n) is 7.94. The molecule has 0 aliphatic rings. The molecule has 4 aromatic rings. The van der Waals surface area contributed by atoms with Crippen molar-refractivity contribution in [2.45, 2.75) is 13.8 Å². The number of aryl methyl sites for hydroxylation is 1. The van der Waals surface area contributed by atoms with Crippen LogP contribution in [0.25, 0.3) is 28.1 Å². The summed E-state index contributed by atoms with van der Waals surface area (Å²) in [4.78, 5) is 23.9. The number of anilines is 1. The summed E-state index contributed by atoms with van der Waals surface area (Å²) in [5.74, 6) is -1.01. The van der Waals surface area contributed by atoms with Gasteiger partial charge in [-0.3, -0.25) is 9.59 Å². The van der Waals surface area contributed by atoms with Gasteiger partial charge >= 0.3 is 5.97 Å². The summed E-state index contributed by atoms with van der Waals surface area (Å²) in [5, 5.41) is 7.47. The van der Waals surface area contributed by atoms with E-state index in [4.69, 9.17) is 14.6 Å². The number of esters is 1. The topological polar surface area (TPSA) is 82.4 Å². The second kappa shape index (κ2) is 10.3. The predicted molar refractivity (Wildman–Crippen MR) is 131 cm³/mol. The van der Waals surface area contributed by atoms with E-state index in [1.54, 1.807) is 36.4 Å². The predicted octanol–water partition coefficient (Wildman–Crippen LogP) is 5.16. The van der Waals surface area contributed by atoms with E-state index in [1.165, 1.54) is 30.8 Å². The second-order valence-corrected chi connectivity index (χ2v) is 7.94. The van der Waals surface area contributed by atoms with Crippen LogP contribution in [0.15, 0.2) is 72.8 Å². The summed E-state index contributed by atoms with van der Waals surface area (Å²) in [7, 11) is 1.44. The minimum Gasteiger partial charge on any atom is -0.407 e. The van der Waals surface area contributed by atoms with E-state index in [-0.39, 0.29) is 18.4 Å². The Bertz CT molecular complexity index is 1360. The van der Waals surface area contributed by atoms with Gasteiger partial charge < -0.3 is 14.8 Å². The van der Waals surface area contributed by atoms with Gasteiger partial charge in [0.2, 0.25) is 11.8 Å². The van der Waals surface area contributed by atoms with Gasteiger partial charge in [-0.2, -0.15) is 9.78 Å². The minimum atomic E-state index is -0.520. The fourth-order valence-electron chi connectivity index (χ4n) is 3.64. The highest BCUT2D eigenvalue weighted by molar-refractivity contribution is 5.93. The van der Waals surface area contributed by atoms with Crippen LogP contribution < -0.4 is 10.1 Å². The number of nitrogens with zero attached hydrogens (tertiary/aromatic N) is 2. The zero-order valence-electron chi connectivity index (χ0n) is 19.5. The lowest BCUT2D eigenvalue weighted by Crippen LogP contribution is -2.16. The van der Waals surface area contributed by atoms with Crippen molar-refractivity contribution in [1.82, 2.24) is 9.78 Å². The van der Waals surface area contributed by atoms with E-state index in [0.717, 1.165) is 5.56 Å². The molecule has 0 aliphatic heterocycles. The van der Waals surface area contributed by atoms with Gasteiger partial charge in [-0.25, -0.2) is 4.39 Å². The molecule has 7 nitrogen and oxygen atoms in total. The Morgan fingerprint density at radius 1 is 1.00 bits per heavy atom. The highest BCUT2D eigenvalue weighted by Crippen LogP contribution is 2.41. The van der Waals surface area contributed by atoms with Gasteiger partial charge in [0.25, 0.3) is 0 Å². The van der Waals surface area contributed by atoms with Gasteiger partial charge in [0.05, 0.1) is 11.3 Å². The Balaban J connectivity index is 1.90. The Kier molecular flexibility index (Phi) is 7.03. The molecule has 0 atom stereocenters. The quantitative estimate of drug-likeness (QED) is 0.375. The third-order valence-corrected chi connectivity index (χ3v) is 5.19. The molecule has 0 bridgehead atoms. The number of benzene rings is 3. The summed E-state index contributed by atoms with van der Waals surface area (Å²) in [6.07, 6.45) is 0. The lowest BCUT2D eigenvalue weighted by molar-refractivity contribution is -0.132. The van der Waals surface area contributed by atoms with E-state index in [9.17, 15) is 14.0 Å². The van der Waals surface area contributed by atoms with Crippen LogP contribution in [0.1, 0.15) is 12.5 Å². The van der Waals surface area contributed by atoms with Gasteiger partial charge in [0.15, 0.2) is 0 Å². The van der Waals surface area contributed by atoms with Gasteiger partial charge in [0, 0.05) is 25.3 Å². The van der Waals surface area contributed by atoms with Crippen LogP contribution in [-0.4, -0.2) is 35.4 Å². The van der Waals surface area contributed by atoms with Crippen molar-refractivity contribution in [3.8, 4) is 34.0 Å². The van der Waals surface area contributed by atoms with Gasteiger partial charge in [-0.1, -0.05) is 42.0 Å². The molecule has 1 amide bonds. The highest BCUT2D eigenvalue weighted by atomic mass is 19.1. The number of carbonyl (C=O) groups is 2. The van der Waals surface area contributed by atoms with Crippen LogP contribution in [-0.2, 0) is 14.3 Å². The van der Waals surface area contributed by atoms with Gasteiger partial charge in [-0.05, 0) is 48.9 Å². The lowest BCUT2D eigenvalue weighted by Gasteiger charge is -2.10. The first-order valence-electron chi connectivity index (χ1n) is 10.9. The molecular formula is C27H24FN3O4. The molecule has 35 heavy (non-hydrogen) atoms. The average Bonchev–Trinajstić information content (AvgIpc) is 3.18. The van der Waals surface area contributed by atoms with Crippen LogP contribution in [0, 0.1) is 12.7 Å². The zero-order valence-corrected chi connectivity index (χ0v) is 19.5. The third kappa shape index (κ3) is 5.44. The molecule has 0 saturated heterocycles. The molecule has 0 spiro atoms. The molecule has 1 heterocycles. The molecule has 178 valence electrons. The van der Waals surface area contributed by atoms with E-state index in [2.05, 4.69) is 5.32 Å². The Morgan fingerprint density at radius 2 is 1.71 bits per heavy atom. The first kappa shape index (κ1) is 23.8. The number of rotatable bonds is 7.